The molecule has 11 heavy (non-hydrogen) atoms. The van der Waals surface area contributed by atoms with Gasteiger partial charge < -0.3 is 5.32 Å². The van der Waals surface area contributed by atoms with E-state index < -0.39 is 0 Å². The lowest BCUT2D eigenvalue weighted by molar-refractivity contribution is -0.109. The van der Waals surface area contributed by atoms with Gasteiger partial charge in [-0.25, -0.2) is 0 Å². The number of hydrogen-bond acceptors (Lipinski definition) is 3. The van der Waals surface area contributed by atoms with Crippen LogP contribution in [-0.2, 0) is 4.79 Å². The number of halogens is 1. The van der Waals surface area contributed by atoms with Gasteiger partial charge in [0, 0.05) is 18.7 Å². The van der Waals surface area contributed by atoms with Crippen LogP contribution in [0.5, 0.6) is 0 Å². The highest BCUT2D eigenvalue weighted by molar-refractivity contribution is 8.14. The highest BCUT2D eigenvalue weighted by Gasteiger charge is 2.14. The summed E-state index contributed by atoms with van der Waals surface area (Å²) in [5.41, 5.74) is 0. The zero-order valence-electron chi connectivity index (χ0n) is 6.63. The third-order valence-corrected chi connectivity index (χ3v) is 2.65. The first-order valence-electron chi connectivity index (χ1n) is 3.67. The molecule has 0 saturated carbocycles. The van der Waals surface area contributed by atoms with E-state index in [1.807, 2.05) is 0 Å². The van der Waals surface area contributed by atoms with E-state index in [1.165, 1.54) is 24.6 Å². The average molecular weight is 196 g/mol. The van der Waals surface area contributed by atoms with Crippen molar-refractivity contribution in [1.29, 1.82) is 0 Å². The monoisotopic (exact) mass is 195 g/mol. The Morgan fingerprint density at radius 2 is 2.36 bits per heavy atom. The molecule has 4 heteroatoms. The Morgan fingerprint density at radius 1 is 1.64 bits per heavy atom. The fraction of sp³-hybridized carbons (Fsp3) is 0.857. The maximum absolute atomic E-state index is 10.6. The van der Waals surface area contributed by atoms with E-state index in [1.54, 1.807) is 6.92 Å². The predicted molar refractivity (Wildman–Crippen MR) is 51.4 cm³/mol. The third-order valence-electron chi connectivity index (χ3n) is 1.58. The molecule has 0 aromatic heterocycles. The van der Waals surface area contributed by atoms with E-state index >= 15 is 0 Å². The maximum Gasteiger partial charge on any atom is 0.186 e. The van der Waals surface area contributed by atoms with Crippen LogP contribution in [0.2, 0.25) is 0 Å². The molecule has 66 valence electrons. The van der Waals surface area contributed by atoms with Crippen molar-refractivity contribution in [2.75, 3.05) is 13.1 Å². The van der Waals surface area contributed by atoms with Gasteiger partial charge in [-0.05, 0) is 19.4 Å². The van der Waals surface area contributed by atoms with Crippen molar-refractivity contribution in [2.24, 2.45) is 0 Å². The van der Waals surface area contributed by atoms with Crippen molar-refractivity contribution in [2.45, 2.75) is 25.0 Å². The molecule has 1 atom stereocenters. The van der Waals surface area contributed by atoms with E-state index in [2.05, 4.69) is 5.32 Å². The summed E-state index contributed by atoms with van der Waals surface area (Å²) in [6.45, 7) is 3.76. The first-order valence-corrected chi connectivity index (χ1v) is 4.55. The predicted octanol–water partition coefficient (Wildman–Crippen LogP) is 1.44. The van der Waals surface area contributed by atoms with Crippen molar-refractivity contribution in [3.05, 3.63) is 0 Å². The van der Waals surface area contributed by atoms with Crippen LogP contribution in [-0.4, -0.2) is 23.5 Å². The van der Waals surface area contributed by atoms with Crippen LogP contribution < -0.4 is 5.32 Å². The van der Waals surface area contributed by atoms with Crippen molar-refractivity contribution in [1.82, 2.24) is 5.32 Å². The quantitative estimate of drug-likeness (QED) is 0.687. The summed E-state index contributed by atoms with van der Waals surface area (Å²) in [4.78, 5) is 10.6. The minimum absolute atomic E-state index is 0. The zero-order valence-corrected chi connectivity index (χ0v) is 8.26. The Morgan fingerprint density at radius 3 is 2.82 bits per heavy atom. The molecule has 1 aliphatic rings. The Kier molecular flexibility index (Phi) is 6.01. The van der Waals surface area contributed by atoms with Gasteiger partial charge in [-0.2, -0.15) is 0 Å². The number of carbonyl (C=O) groups is 1. The summed E-state index contributed by atoms with van der Waals surface area (Å²) in [5.74, 6) is 0. The molecule has 0 aromatic rings. The van der Waals surface area contributed by atoms with Crippen LogP contribution in [0.15, 0.2) is 0 Å². The molecular formula is C7H14ClNOS. The summed E-state index contributed by atoms with van der Waals surface area (Å²) >= 11 is 1.47. The number of rotatable bonds is 1. The highest BCUT2D eigenvalue weighted by Crippen LogP contribution is 2.18. The molecule has 0 aliphatic carbocycles. The van der Waals surface area contributed by atoms with Crippen LogP contribution in [0.3, 0.4) is 0 Å². The smallest absolute Gasteiger partial charge is 0.186 e. The minimum Gasteiger partial charge on any atom is -0.316 e. The average Bonchev–Trinajstić information content (AvgIpc) is 1.88. The lowest BCUT2D eigenvalue weighted by Gasteiger charge is -2.20. The van der Waals surface area contributed by atoms with E-state index in [9.17, 15) is 4.79 Å². The summed E-state index contributed by atoms with van der Waals surface area (Å²) in [5, 5.41) is 4.04. The van der Waals surface area contributed by atoms with Gasteiger partial charge in [0.2, 0.25) is 0 Å². The van der Waals surface area contributed by atoms with Gasteiger partial charge in [0.25, 0.3) is 0 Å². The number of hydrogen-bond donors (Lipinski definition) is 1. The van der Waals surface area contributed by atoms with Crippen molar-refractivity contribution in [3.63, 3.8) is 0 Å². The largest absolute Gasteiger partial charge is 0.316 e. The zero-order chi connectivity index (χ0) is 7.40. The Bertz CT molecular complexity index is 126. The van der Waals surface area contributed by atoms with Gasteiger partial charge in [-0.3, -0.25) is 4.79 Å². The molecule has 0 amide bonds. The Hall–Kier alpha value is 0.270. The van der Waals surface area contributed by atoms with Gasteiger partial charge in [-0.1, -0.05) is 11.8 Å². The van der Waals surface area contributed by atoms with E-state index in [0.29, 0.717) is 5.25 Å². The highest BCUT2D eigenvalue weighted by atomic mass is 35.5. The fourth-order valence-corrected chi connectivity index (χ4v) is 2.11. The standard InChI is InChI=1S/C7H13NOS.ClH/c1-6(9)10-7-3-2-4-8-5-7;/h7-8H,2-5H2,1H3;1H. The second-order valence-corrected chi connectivity index (χ2v) is 4.06. The van der Waals surface area contributed by atoms with Crippen molar-refractivity contribution in [3.8, 4) is 0 Å². The molecule has 0 aromatic carbocycles. The molecule has 1 rings (SSSR count). The van der Waals surface area contributed by atoms with Crippen LogP contribution in [0, 0.1) is 0 Å². The van der Waals surface area contributed by atoms with E-state index in [0.717, 1.165) is 13.1 Å². The van der Waals surface area contributed by atoms with E-state index in [4.69, 9.17) is 0 Å². The summed E-state index contributed by atoms with van der Waals surface area (Å²) in [6.07, 6.45) is 2.40. The molecule has 1 N–H and O–H groups in total. The van der Waals surface area contributed by atoms with Gasteiger partial charge >= 0.3 is 0 Å². The van der Waals surface area contributed by atoms with Crippen LogP contribution in [0.4, 0.5) is 0 Å². The normalized spacial score (nSPS) is 23.9. The summed E-state index contributed by atoms with van der Waals surface area (Å²) < 4.78 is 0. The number of piperidine rings is 1. The van der Waals surface area contributed by atoms with E-state index in [-0.39, 0.29) is 17.5 Å². The SMILES string of the molecule is CC(=O)SC1CCCNC1.Cl. The number of nitrogens with one attached hydrogen (secondary N) is 1. The van der Waals surface area contributed by atoms with Gasteiger partial charge in [0.05, 0.1) is 0 Å². The number of thioether (sulfide) groups is 1. The molecule has 0 spiro atoms. The summed E-state index contributed by atoms with van der Waals surface area (Å²) in [6, 6.07) is 0. The lowest BCUT2D eigenvalue weighted by atomic mass is 10.2. The fourth-order valence-electron chi connectivity index (χ4n) is 1.16. The number of carbonyl (C=O) groups excluding carboxylic acids is 1. The molecular weight excluding hydrogens is 182 g/mol. The summed E-state index contributed by atoms with van der Waals surface area (Å²) in [7, 11) is 0. The Balaban J connectivity index is 0.000001000. The second-order valence-electron chi connectivity index (χ2n) is 2.58. The molecule has 2 nitrogen and oxygen atoms in total. The molecule has 1 aliphatic heterocycles. The molecule has 0 bridgehead atoms. The second kappa shape index (κ2) is 5.86. The van der Waals surface area contributed by atoms with Crippen molar-refractivity contribution < 1.29 is 4.79 Å². The topological polar surface area (TPSA) is 29.1 Å². The van der Waals surface area contributed by atoms with Gasteiger partial charge in [-0.15, -0.1) is 12.4 Å². The first kappa shape index (κ1) is 11.3. The van der Waals surface area contributed by atoms with Crippen LogP contribution in [0.25, 0.3) is 0 Å². The van der Waals surface area contributed by atoms with Crippen LogP contribution >= 0.6 is 24.2 Å². The minimum atomic E-state index is 0. The molecule has 1 heterocycles. The third kappa shape index (κ3) is 4.67. The lowest BCUT2D eigenvalue weighted by Crippen LogP contribution is -2.32. The Labute approximate surface area is 77.9 Å². The van der Waals surface area contributed by atoms with Crippen LogP contribution in [0.1, 0.15) is 19.8 Å². The molecule has 0 radical (unpaired) electrons. The van der Waals surface area contributed by atoms with Crippen molar-refractivity contribution >= 4 is 29.3 Å². The van der Waals surface area contributed by atoms with Gasteiger partial charge in [0.1, 0.15) is 0 Å². The van der Waals surface area contributed by atoms with Gasteiger partial charge in [0.15, 0.2) is 5.12 Å². The molecule has 1 saturated heterocycles. The molecule has 1 unspecified atom stereocenters. The maximum atomic E-state index is 10.6. The molecule has 1 fully saturated rings. The first-order chi connectivity index (χ1) is 4.79.